The Balaban J connectivity index is 1.81. The summed E-state index contributed by atoms with van der Waals surface area (Å²) in [5.74, 6) is 0.0303. The Morgan fingerprint density at radius 2 is 1.94 bits per heavy atom. The molecule has 2 aromatic rings. The highest BCUT2D eigenvalue weighted by Gasteiger charge is 2.43. The molecule has 8 nitrogen and oxygen atoms in total. The average Bonchev–Trinajstić information content (AvgIpc) is 3.21. The average molecular weight is 443 g/mol. The Kier molecular flexibility index (Phi) is 7.35. The Morgan fingerprint density at radius 3 is 2.59 bits per heavy atom. The number of hydrazone groups is 1. The molecule has 1 aliphatic carbocycles. The zero-order valence-electron chi connectivity index (χ0n) is 18.7. The van der Waals surface area contributed by atoms with Gasteiger partial charge in [0.05, 0.1) is 6.26 Å². The maximum atomic E-state index is 12.5. The maximum Gasteiger partial charge on any atom is 0.428 e. The van der Waals surface area contributed by atoms with Gasteiger partial charge in [-0.05, 0) is 39.2 Å². The van der Waals surface area contributed by atoms with Crippen molar-refractivity contribution in [3.63, 3.8) is 0 Å². The number of amides is 1. The predicted octanol–water partition coefficient (Wildman–Crippen LogP) is 4.32. The third kappa shape index (κ3) is 5.97. The van der Waals surface area contributed by atoms with Gasteiger partial charge in [-0.25, -0.2) is 10.2 Å². The van der Waals surface area contributed by atoms with Crippen LogP contribution in [0.4, 0.5) is 4.79 Å². The minimum atomic E-state index is -1.17. The smallest absolute Gasteiger partial charge is 0.428 e. The van der Waals surface area contributed by atoms with Crippen molar-refractivity contribution in [1.82, 2.24) is 5.43 Å². The lowest BCUT2D eigenvalue weighted by Crippen LogP contribution is -2.32. The van der Waals surface area contributed by atoms with E-state index in [1.54, 1.807) is 20.8 Å². The standard InChI is InChI=1S/C24H30N2O6/c1-23(2,3)32-22(29)26-25-16-24(12-7-8-13-24)21(28)20-19(18(27)11-14-30-20)31-15-17-9-5-4-6-10-17/h4-6,9-11,14,16,21,28H,7-8,12-13,15H2,1-3H3,(H,26,29)/b25-16-. The van der Waals surface area contributed by atoms with Gasteiger partial charge in [0.2, 0.25) is 11.2 Å². The lowest BCUT2D eigenvalue weighted by molar-refractivity contribution is 0.0485. The molecule has 32 heavy (non-hydrogen) atoms. The highest BCUT2D eigenvalue weighted by atomic mass is 16.6. The molecule has 1 aliphatic rings. The zero-order valence-corrected chi connectivity index (χ0v) is 18.7. The van der Waals surface area contributed by atoms with Gasteiger partial charge in [0.1, 0.15) is 18.3 Å². The van der Waals surface area contributed by atoms with E-state index >= 15 is 0 Å². The lowest BCUT2D eigenvalue weighted by atomic mass is 9.80. The van der Waals surface area contributed by atoms with Crippen molar-refractivity contribution >= 4 is 12.3 Å². The SMILES string of the molecule is CC(C)(C)OC(=O)N/N=C\C1(C(O)c2occc(=O)c2OCc2ccccc2)CCCC1. The summed E-state index contributed by atoms with van der Waals surface area (Å²) in [5.41, 5.74) is 1.39. The van der Waals surface area contributed by atoms with Crippen LogP contribution < -0.4 is 15.6 Å². The van der Waals surface area contributed by atoms with E-state index in [0.717, 1.165) is 18.4 Å². The molecule has 0 spiro atoms. The van der Waals surface area contributed by atoms with Crippen LogP contribution in [0.25, 0.3) is 0 Å². The van der Waals surface area contributed by atoms with Gasteiger partial charge in [-0.1, -0.05) is 43.2 Å². The van der Waals surface area contributed by atoms with Crippen molar-refractivity contribution in [2.45, 2.75) is 64.8 Å². The van der Waals surface area contributed by atoms with Crippen LogP contribution in [0, 0.1) is 5.41 Å². The van der Waals surface area contributed by atoms with Gasteiger partial charge >= 0.3 is 6.09 Å². The molecular formula is C24H30N2O6. The van der Waals surface area contributed by atoms with Crippen LogP contribution >= 0.6 is 0 Å². The number of aliphatic hydroxyl groups is 1. The van der Waals surface area contributed by atoms with Crippen molar-refractivity contribution in [3.8, 4) is 5.75 Å². The molecular weight excluding hydrogens is 412 g/mol. The number of benzene rings is 1. The maximum absolute atomic E-state index is 12.5. The number of rotatable bonds is 7. The van der Waals surface area contributed by atoms with Crippen LogP contribution in [-0.2, 0) is 11.3 Å². The number of carbonyl (C=O) groups excluding carboxylic acids is 1. The van der Waals surface area contributed by atoms with Gasteiger partial charge < -0.3 is 19.0 Å². The first kappa shape index (κ1) is 23.5. The number of hydrogen-bond donors (Lipinski definition) is 2. The van der Waals surface area contributed by atoms with Gasteiger partial charge in [-0.15, -0.1) is 0 Å². The zero-order chi connectivity index (χ0) is 23.2. The molecule has 1 fully saturated rings. The Hall–Kier alpha value is -3.13. The van der Waals surface area contributed by atoms with E-state index in [2.05, 4.69) is 10.5 Å². The second-order valence-electron chi connectivity index (χ2n) is 8.97. The summed E-state index contributed by atoms with van der Waals surface area (Å²) in [7, 11) is 0. The molecule has 172 valence electrons. The fourth-order valence-corrected chi connectivity index (χ4v) is 3.76. The third-order valence-corrected chi connectivity index (χ3v) is 5.29. The number of hydrogen-bond acceptors (Lipinski definition) is 7. The summed E-state index contributed by atoms with van der Waals surface area (Å²) in [6, 6.07) is 10.7. The quantitative estimate of drug-likeness (QED) is 0.488. The first-order valence-corrected chi connectivity index (χ1v) is 10.7. The van der Waals surface area contributed by atoms with E-state index < -0.39 is 23.2 Å². The first-order valence-electron chi connectivity index (χ1n) is 10.7. The van der Waals surface area contributed by atoms with E-state index in [1.165, 1.54) is 18.5 Å². The highest BCUT2D eigenvalue weighted by Crippen LogP contribution is 2.47. The molecule has 3 rings (SSSR count). The van der Waals surface area contributed by atoms with Crippen LogP contribution in [-0.4, -0.2) is 23.0 Å². The normalized spacial score (nSPS) is 16.6. The molecule has 0 radical (unpaired) electrons. The van der Waals surface area contributed by atoms with Gasteiger partial charge in [0, 0.05) is 17.7 Å². The van der Waals surface area contributed by atoms with E-state index in [-0.39, 0.29) is 23.5 Å². The van der Waals surface area contributed by atoms with Crippen molar-refractivity contribution in [2.75, 3.05) is 0 Å². The van der Waals surface area contributed by atoms with Crippen LogP contribution in [0.1, 0.15) is 63.9 Å². The van der Waals surface area contributed by atoms with Crippen molar-refractivity contribution in [3.05, 3.63) is 64.2 Å². The summed E-state index contributed by atoms with van der Waals surface area (Å²) in [4.78, 5) is 24.4. The van der Waals surface area contributed by atoms with Crippen molar-refractivity contribution < 1.29 is 23.8 Å². The van der Waals surface area contributed by atoms with Crippen LogP contribution in [0.5, 0.6) is 5.75 Å². The number of aliphatic hydroxyl groups excluding tert-OH is 1. The summed E-state index contributed by atoms with van der Waals surface area (Å²) < 4.78 is 16.5. The molecule has 1 aromatic carbocycles. The van der Waals surface area contributed by atoms with Crippen molar-refractivity contribution in [1.29, 1.82) is 0 Å². The molecule has 0 bridgehead atoms. The lowest BCUT2D eigenvalue weighted by Gasteiger charge is -2.30. The molecule has 8 heteroatoms. The molecule has 1 heterocycles. The van der Waals surface area contributed by atoms with Gasteiger partial charge in [-0.2, -0.15) is 5.10 Å². The fraction of sp³-hybridized carbons (Fsp3) is 0.458. The second kappa shape index (κ2) is 9.99. The third-order valence-electron chi connectivity index (χ3n) is 5.29. The Bertz CT molecular complexity index is 988. The fourth-order valence-electron chi connectivity index (χ4n) is 3.76. The van der Waals surface area contributed by atoms with Crippen LogP contribution in [0.2, 0.25) is 0 Å². The largest absolute Gasteiger partial charge is 0.482 e. The Morgan fingerprint density at radius 1 is 1.25 bits per heavy atom. The molecule has 0 aliphatic heterocycles. The Labute approximate surface area is 187 Å². The number of nitrogens with one attached hydrogen (secondary N) is 1. The topological polar surface area (TPSA) is 110 Å². The van der Waals surface area contributed by atoms with Crippen LogP contribution in [0.3, 0.4) is 0 Å². The first-order chi connectivity index (χ1) is 15.2. The molecule has 1 amide bonds. The summed E-state index contributed by atoms with van der Waals surface area (Å²) in [5, 5.41) is 15.3. The molecule has 1 saturated carbocycles. The number of nitrogens with zero attached hydrogens (tertiary/aromatic N) is 1. The minimum Gasteiger partial charge on any atom is -0.482 e. The highest BCUT2D eigenvalue weighted by molar-refractivity contribution is 5.72. The molecule has 1 aromatic heterocycles. The summed E-state index contributed by atoms with van der Waals surface area (Å²) in [6.45, 7) is 5.43. The van der Waals surface area contributed by atoms with Gasteiger partial charge in [-0.3, -0.25) is 4.79 Å². The van der Waals surface area contributed by atoms with E-state index in [4.69, 9.17) is 13.9 Å². The molecule has 1 atom stereocenters. The molecule has 1 unspecified atom stereocenters. The predicted molar refractivity (Wildman–Crippen MR) is 119 cm³/mol. The molecule has 2 N–H and O–H groups in total. The van der Waals surface area contributed by atoms with Gasteiger partial charge in [0.15, 0.2) is 5.76 Å². The summed E-state index contributed by atoms with van der Waals surface area (Å²) >= 11 is 0. The summed E-state index contributed by atoms with van der Waals surface area (Å²) in [6.07, 6.45) is 3.87. The molecule has 0 saturated heterocycles. The van der Waals surface area contributed by atoms with Crippen molar-refractivity contribution in [2.24, 2.45) is 10.5 Å². The monoisotopic (exact) mass is 442 g/mol. The van der Waals surface area contributed by atoms with Crippen LogP contribution in [0.15, 0.2) is 57.0 Å². The van der Waals surface area contributed by atoms with E-state index in [1.807, 2.05) is 30.3 Å². The number of ether oxygens (including phenoxy) is 2. The minimum absolute atomic E-state index is 0.0244. The van der Waals surface area contributed by atoms with E-state index in [9.17, 15) is 14.7 Å². The number of carbonyl (C=O) groups is 1. The van der Waals surface area contributed by atoms with Gasteiger partial charge in [0.25, 0.3) is 0 Å². The second-order valence-corrected chi connectivity index (χ2v) is 8.97. The van der Waals surface area contributed by atoms with E-state index in [0.29, 0.717) is 12.8 Å².